The zero-order valence-electron chi connectivity index (χ0n) is 20.3. The molecule has 2 heterocycles. The van der Waals surface area contributed by atoms with Crippen molar-refractivity contribution < 1.29 is 14.4 Å². The molecule has 4 aromatic carbocycles. The van der Waals surface area contributed by atoms with Gasteiger partial charge in [0.05, 0.1) is 11.7 Å². The number of benzene rings is 4. The fraction of sp³-hybridized carbons (Fsp3) is 0.0645. The highest BCUT2D eigenvalue weighted by Crippen LogP contribution is 2.45. The number of amides is 3. The lowest BCUT2D eigenvalue weighted by atomic mass is 9.93. The van der Waals surface area contributed by atoms with E-state index in [9.17, 15) is 14.4 Å². The molecule has 7 heteroatoms. The molecule has 0 bridgehead atoms. The zero-order chi connectivity index (χ0) is 26.1. The number of aromatic nitrogens is 1. The van der Waals surface area contributed by atoms with Gasteiger partial charge in [-0.25, -0.2) is 0 Å². The predicted molar refractivity (Wildman–Crippen MR) is 145 cm³/mol. The van der Waals surface area contributed by atoms with Crippen LogP contribution < -0.4 is 10.9 Å². The maximum Gasteiger partial charge on any atom is 0.269 e. The monoisotopic (exact) mass is 500 g/mol. The first-order valence-electron chi connectivity index (χ1n) is 12.3. The zero-order valence-corrected chi connectivity index (χ0v) is 20.3. The van der Waals surface area contributed by atoms with E-state index >= 15 is 0 Å². The Hall–Kier alpha value is -5.17. The Labute approximate surface area is 219 Å². The molecule has 0 aliphatic carbocycles. The van der Waals surface area contributed by atoms with Gasteiger partial charge >= 0.3 is 0 Å². The molecule has 0 saturated heterocycles. The van der Waals surface area contributed by atoms with Gasteiger partial charge in [-0.1, -0.05) is 84.9 Å². The minimum atomic E-state index is -0.499. The van der Waals surface area contributed by atoms with E-state index in [4.69, 9.17) is 0 Å². The van der Waals surface area contributed by atoms with Gasteiger partial charge in [-0.15, -0.1) is 0 Å². The highest BCUT2D eigenvalue weighted by atomic mass is 16.2. The fourth-order valence-corrected chi connectivity index (χ4v) is 5.11. The number of rotatable bonds is 5. The summed E-state index contributed by atoms with van der Waals surface area (Å²) in [4.78, 5) is 44.2. The van der Waals surface area contributed by atoms with Crippen molar-refractivity contribution in [3.63, 3.8) is 0 Å². The number of carbonyl (C=O) groups excluding carboxylic acids is 3. The topological polar surface area (TPSA) is 94.3 Å². The van der Waals surface area contributed by atoms with E-state index in [1.807, 2.05) is 72.8 Å². The van der Waals surface area contributed by atoms with Crippen molar-refractivity contribution in [1.29, 1.82) is 0 Å². The molecule has 1 unspecified atom stereocenters. The van der Waals surface area contributed by atoms with Gasteiger partial charge in [0.15, 0.2) is 0 Å². The summed E-state index contributed by atoms with van der Waals surface area (Å²) < 4.78 is 0. The lowest BCUT2D eigenvalue weighted by Gasteiger charge is -2.26. The lowest BCUT2D eigenvalue weighted by Crippen LogP contribution is -2.47. The van der Waals surface area contributed by atoms with Gasteiger partial charge in [-0.2, -0.15) is 0 Å². The molecule has 1 aromatic heterocycles. The Bertz CT molecular complexity index is 1660. The SMILES string of the molecule is O=C(CN1C(=O)c2ccccc2C1c1c(-c2ccccc2)[nH]c2ccccc12)NNC(=O)c1ccccc1. The number of hydrazine groups is 1. The third-order valence-corrected chi connectivity index (χ3v) is 6.81. The second-order valence-electron chi connectivity index (χ2n) is 9.12. The first-order valence-corrected chi connectivity index (χ1v) is 12.3. The van der Waals surface area contributed by atoms with Gasteiger partial charge in [0.2, 0.25) is 0 Å². The van der Waals surface area contributed by atoms with Crippen LogP contribution in [0.1, 0.15) is 37.9 Å². The summed E-state index contributed by atoms with van der Waals surface area (Å²) >= 11 is 0. The highest BCUT2D eigenvalue weighted by molar-refractivity contribution is 6.04. The van der Waals surface area contributed by atoms with Crippen LogP contribution in [0.3, 0.4) is 0 Å². The maximum atomic E-state index is 13.6. The van der Waals surface area contributed by atoms with Crippen molar-refractivity contribution in [1.82, 2.24) is 20.7 Å². The number of aromatic amines is 1. The predicted octanol–water partition coefficient (Wildman–Crippen LogP) is 4.84. The van der Waals surface area contributed by atoms with Gasteiger partial charge in [-0.3, -0.25) is 25.2 Å². The first kappa shape index (κ1) is 23.2. The molecule has 186 valence electrons. The molecule has 1 atom stereocenters. The molecule has 0 saturated carbocycles. The number of hydrogen-bond acceptors (Lipinski definition) is 3. The van der Waals surface area contributed by atoms with Crippen LogP contribution in [0.25, 0.3) is 22.2 Å². The molecule has 6 rings (SSSR count). The summed E-state index contributed by atoms with van der Waals surface area (Å²) in [7, 11) is 0. The normalized spacial score (nSPS) is 14.4. The molecule has 5 aromatic rings. The van der Waals surface area contributed by atoms with E-state index in [0.29, 0.717) is 11.1 Å². The summed E-state index contributed by atoms with van der Waals surface area (Å²) in [5.74, 6) is -1.17. The van der Waals surface area contributed by atoms with Crippen LogP contribution in [0, 0.1) is 0 Å². The fourth-order valence-electron chi connectivity index (χ4n) is 5.11. The maximum absolute atomic E-state index is 13.6. The van der Waals surface area contributed by atoms with Gasteiger partial charge in [0.1, 0.15) is 6.54 Å². The Morgan fingerprint density at radius 2 is 1.42 bits per heavy atom. The van der Waals surface area contributed by atoms with Crippen molar-refractivity contribution >= 4 is 28.6 Å². The van der Waals surface area contributed by atoms with Crippen molar-refractivity contribution in [3.05, 3.63) is 131 Å². The quantitative estimate of drug-likeness (QED) is 0.302. The van der Waals surface area contributed by atoms with Crippen molar-refractivity contribution in [2.45, 2.75) is 6.04 Å². The highest BCUT2D eigenvalue weighted by Gasteiger charge is 2.41. The van der Waals surface area contributed by atoms with Gasteiger partial charge in [0.25, 0.3) is 17.7 Å². The Morgan fingerprint density at radius 3 is 2.21 bits per heavy atom. The average molecular weight is 501 g/mol. The average Bonchev–Trinajstić information content (AvgIpc) is 3.47. The van der Waals surface area contributed by atoms with Crippen molar-refractivity contribution in [2.75, 3.05) is 6.54 Å². The summed E-state index contributed by atoms with van der Waals surface area (Å²) in [6, 6.07) is 33.5. The first-order chi connectivity index (χ1) is 18.6. The number of hydrogen-bond donors (Lipinski definition) is 3. The summed E-state index contributed by atoms with van der Waals surface area (Å²) in [5, 5.41) is 0.976. The number of nitrogens with one attached hydrogen (secondary N) is 3. The summed E-state index contributed by atoms with van der Waals surface area (Å²) in [6.07, 6.45) is 0. The summed E-state index contributed by atoms with van der Waals surface area (Å²) in [5.41, 5.74) is 10.5. The van der Waals surface area contributed by atoms with Crippen LogP contribution in [-0.4, -0.2) is 34.2 Å². The summed E-state index contributed by atoms with van der Waals surface area (Å²) in [6.45, 7) is -0.235. The largest absolute Gasteiger partial charge is 0.354 e. The Balaban J connectivity index is 1.38. The minimum absolute atomic E-state index is 0.235. The standard InChI is InChI=1S/C31H24N4O3/c36-26(33-34-30(37)21-13-5-2-6-14-21)19-35-29(22-15-7-8-16-23(22)31(35)38)27-24-17-9-10-18-25(24)32-28(27)20-11-3-1-4-12-20/h1-18,29,32H,19H2,(H,33,36)(H,34,37). The molecule has 1 aliphatic heterocycles. The van der Waals surface area contributed by atoms with Crippen molar-refractivity contribution in [3.8, 4) is 11.3 Å². The molecule has 3 N–H and O–H groups in total. The van der Waals surface area contributed by atoms with Crippen LogP contribution in [-0.2, 0) is 4.79 Å². The molecule has 38 heavy (non-hydrogen) atoms. The van der Waals surface area contributed by atoms with E-state index in [1.54, 1.807) is 41.3 Å². The second kappa shape index (κ2) is 9.71. The molecule has 3 amide bonds. The molecule has 0 spiro atoms. The van der Waals surface area contributed by atoms with Gasteiger partial charge in [-0.05, 0) is 35.4 Å². The number of para-hydroxylation sites is 1. The van der Waals surface area contributed by atoms with E-state index in [1.165, 1.54) is 0 Å². The van der Waals surface area contributed by atoms with Crippen molar-refractivity contribution in [2.24, 2.45) is 0 Å². The minimum Gasteiger partial charge on any atom is -0.354 e. The van der Waals surface area contributed by atoms with E-state index in [-0.39, 0.29) is 12.5 Å². The number of nitrogens with zero attached hydrogens (tertiary/aromatic N) is 1. The van der Waals surface area contributed by atoms with Crippen LogP contribution in [0.15, 0.2) is 109 Å². The molecular weight excluding hydrogens is 476 g/mol. The molecule has 0 radical (unpaired) electrons. The van der Waals surface area contributed by atoms with Crippen LogP contribution in [0.4, 0.5) is 0 Å². The van der Waals surface area contributed by atoms with Crippen LogP contribution in [0.2, 0.25) is 0 Å². The van der Waals surface area contributed by atoms with E-state index in [2.05, 4.69) is 15.8 Å². The van der Waals surface area contributed by atoms with E-state index < -0.39 is 17.9 Å². The lowest BCUT2D eigenvalue weighted by molar-refractivity contribution is -0.122. The molecule has 1 aliphatic rings. The Kier molecular flexibility index (Phi) is 5.94. The Morgan fingerprint density at radius 1 is 0.763 bits per heavy atom. The third-order valence-electron chi connectivity index (χ3n) is 6.81. The van der Waals surface area contributed by atoms with Gasteiger partial charge < -0.3 is 9.88 Å². The number of carbonyl (C=O) groups is 3. The van der Waals surface area contributed by atoms with E-state index in [0.717, 1.165) is 33.3 Å². The third kappa shape index (κ3) is 4.10. The number of fused-ring (bicyclic) bond motifs is 2. The van der Waals surface area contributed by atoms with Gasteiger partial charge in [0, 0.05) is 27.6 Å². The van der Waals surface area contributed by atoms with Crippen LogP contribution in [0.5, 0.6) is 0 Å². The molecular formula is C31H24N4O3. The molecule has 7 nitrogen and oxygen atoms in total. The smallest absolute Gasteiger partial charge is 0.269 e. The molecule has 0 fully saturated rings. The second-order valence-corrected chi connectivity index (χ2v) is 9.12. The number of H-pyrrole nitrogens is 1. The van der Waals surface area contributed by atoms with Crippen LogP contribution >= 0.6 is 0 Å².